The fourth-order valence-electron chi connectivity index (χ4n) is 2.70. The van der Waals surface area contributed by atoms with Crippen molar-refractivity contribution in [2.24, 2.45) is 17.2 Å². The predicted octanol–water partition coefficient (Wildman–Crippen LogP) is -3.55. The molecule has 11 N–H and O–H groups in total. The van der Waals surface area contributed by atoms with E-state index in [9.17, 15) is 29.1 Å². The Balaban J connectivity index is 2.70. The number of carbonyl (C=O) groups excluding carboxylic acids is 4. The molecule has 1 aromatic heterocycles. The molecule has 1 rings (SSSR count). The number of carboxylic acid groups (broad SMARTS) is 1. The van der Waals surface area contributed by atoms with Crippen LogP contribution in [0.1, 0.15) is 31.4 Å². The standard InChI is InChI=1S/C18H30N8O6/c19-4-2-1-3-12(25-15(28)8-23-16(29)11(20)6-14(21)27)17(30)26-13(18(31)32)5-10-7-22-9-24-10/h7,9,11-13H,1-6,8,19-20H2,(H2,21,27)(H,22,24)(H,23,29)(H,25,28)(H,26,30)(H,31,32). The average molecular weight is 454 g/mol. The van der Waals surface area contributed by atoms with Gasteiger partial charge in [-0.3, -0.25) is 19.2 Å². The molecule has 0 aliphatic carbocycles. The average Bonchev–Trinajstić information content (AvgIpc) is 3.23. The minimum absolute atomic E-state index is 0.0294. The second-order valence-corrected chi connectivity index (χ2v) is 7.08. The van der Waals surface area contributed by atoms with Crippen LogP contribution in [0.5, 0.6) is 0 Å². The molecule has 14 heteroatoms. The van der Waals surface area contributed by atoms with E-state index in [1.165, 1.54) is 12.5 Å². The first-order valence-electron chi connectivity index (χ1n) is 9.95. The van der Waals surface area contributed by atoms with E-state index in [1.54, 1.807) is 0 Å². The van der Waals surface area contributed by atoms with E-state index in [-0.39, 0.29) is 19.3 Å². The first-order chi connectivity index (χ1) is 15.1. The van der Waals surface area contributed by atoms with Gasteiger partial charge in [-0.2, -0.15) is 0 Å². The summed E-state index contributed by atoms with van der Waals surface area (Å²) in [6.07, 6.45) is 3.71. The van der Waals surface area contributed by atoms with Gasteiger partial charge in [0, 0.05) is 18.3 Å². The number of hydrogen-bond donors (Lipinski definition) is 8. The lowest BCUT2D eigenvalue weighted by Crippen LogP contribution is -2.54. The van der Waals surface area contributed by atoms with Gasteiger partial charge in [0.15, 0.2) is 0 Å². The second-order valence-electron chi connectivity index (χ2n) is 7.08. The molecule has 178 valence electrons. The Morgan fingerprint density at radius 2 is 1.81 bits per heavy atom. The Morgan fingerprint density at radius 3 is 2.38 bits per heavy atom. The zero-order valence-corrected chi connectivity index (χ0v) is 17.5. The molecular weight excluding hydrogens is 424 g/mol. The third-order valence-electron chi connectivity index (χ3n) is 4.37. The van der Waals surface area contributed by atoms with Gasteiger partial charge in [0.05, 0.1) is 25.3 Å². The number of hydrogen-bond acceptors (Lipinski definition) is 8. The van der Waals surface area contributed by atoms with Gasteiger partial charge in [-0.05, 0) is 25.8 Å². The largest absolute Gasteiger partial charge is 0.480 e. The topological polar surface area (TPSA) is 248 Å². The normalized spacial score (nSPS) is 13.4. The summed E-state index contributed by atoms with van der Waals surface area (Å²) in [5, 5.41) is 16.5. The predicted molar refractivity (Wildman–Crippen MR) is 111 cm³/mol. The zero-order chi connectivity index (χ0) is 24.1. The minimum Gasteiger partial charge on any atom is -0.480 e. The molecule has 0 aliphatic rings. The highest BCUT2D eigenvalue weighted by molar-refractivity contribution is 5.93. The molecule has 32 heavy (non-hydrogen) atoms. The first-order valence-corrected chi connectivity index (χ1v) is 9.95. The maximum atomic E-state index is 12.7. The van der Waals surface area contributed by atoms with Gasteiger partial charge >= 0.3 is 5.97 Å². The Labute approximate surface area is 184 Å². The van der Waals surface area contributed by atoms with Gasteiger partial charge in [0.1, 0.15) is 12.1 Å². The molecule has 0 fully saturated rings. The molecule has 4 amide bonds. The molecule has 0 saturated carbocycles. The minimum atomic E-state index is -1.25. The molecule has 0 saturated heterocycles. The first kappa shape index (κ1) is 26.5. The van der Waals surface area contributed by atoms with Crippen LogP contribution in [0.25, 0.3) is 0 Å². The summed E-state index contributed by atoms with van der Waals surface area (Å²) in [6, 6.07) is -3.50. The molecule has 3 unspecified atom stereocenters. The van der Waals surface area contributed by atoms with Crippen LogP contribution in [-0.2, 0) is 30.4 Å². The van der Waals surface area contributed by atoms with Gasteiger partial charge in [0.25, 0.3) is 0 Å². The van der Waals surface area contributed by atoms with Crippen molar-refractivity contribution in [1.29, 1.82) is 0 Å². The number of aliphatic carboxylic acids is 1. The smallest absolute Gasteiger partial charge is 0.326 e. The molecule has 0 bridgehead atoms. The quantitative estimate of drug-likeness (QED) is 0.122. The van der Waals surface area contributed by atoms with Crippen molar-refractivity contribution in [2.75, 3.05) is 13.1 Å². The van der Waals surface area contributed by atoms with Crippen LogP contribution in [-0.4, -0.2) is 75.9 Å². The Morgan fingerprint density at radius 1 is 1.09 bits per heavy atom. The van der Waals surface area contributed by atoms with Gasteiger partial charge in [-0.15, -0.1) is 0 Å². The number of aromatic amines is 1. The van der Waals surface area contributed by atoms with E-state index in [2.05, 4.69) is 25.9 Å². The lowest BCUT2D eigenvalue weighted by molar-refractivity contribution is -0.142. The van der Waals surface area contributed by atoms with E-state index in [0.717, 1.165) is 0 Å². The summed E-state index contributed by atoms with van der Waals surface area (Å²) in [5.41, 5.74) is 16.4. The summed E-state index contributed by atoms with van der Waals surface area (Å²) in [7, 11) is 0. The zero-order valence-electron chi connectivity index (χ0n) is 17.5. The van der Waals surface area contributed by atoms with Gasteiger partial charge in [0.2, 0.25) is 23.6 Å². The van der Waals surface area contributed by atoms with E-state index in [0.29, 0.717) is 25.1 Å². The van der Waals surface area contributed by atoms with Gasteiger partial charge < -0.3 is 43.2 Å². The fourth-order valence-corrected chi connectivity index (χ4v) is 2.70. The van der Waals surface area contributed by atoms with Gasteiger partial charge in [-0.25, -0.2) is 9.78 Å². The highest BCUT2D eigenvalue weighted by atomic mass is 16.4. The Hall–Kier alpha value is -3.52. The van der Waals surface area contributed by atoms with Crippen molar-refractivity contribution in [1.82, 2.24) is 25.9 Å². The number of unbranched alkanes of at least 4 members (excludes halogenated alkanes) is 1. The lowest BCUT2D eigenvalue weighted by atomic mass is 10.1. The van der Waals surface area contributed by atoms with Crippen LogP contribution in [0, 0.1) is 0 Å². The Bertz CT molecular complexity index is 784. The fraction of sp³-hybridized carbons (Fsp3) is 0.556. The van der Waals surface area contributed by atoms with Crippen LogP contribution in [0.4, 0.5) is 0 Å². The number of amides is 4. The van der Waals surface area contributed by atoms with Crippen molar-refractivity contribution in [3.63, 3.8) is 0 Å². The summed E-state index contributed by atoms with van der Waals surface area (Å²) in [4.78, 5) is 65.6. The van der Waals surface area contributed by atoms with Crippen LogP contribution < -0.4 is 33.2 Å². The highest BCUT2D eigenvalue weighted by Gasteiger charge is 2.27. The van der Waals surface area contributed by atoms with E-state index in [4.69, 9.17) is 17.2 Å². The third kappa shape index (κ3) is 9.99. The molecule has 0 aromatic carbocycles. The molecule has 0 spiro atoms. The monoisotopic (exact) mass is 454 g/mol. The molecule has 0 aliphatic heterocycles. The molecule has 3 atom stereocenters. The van der Waals surface area contributed by atoms with Crippen molar-refractivity contribution < 1.29 is 29.1 Å². The van der Waals surface area contributed by atoms with Crippen molar-refractivity contribution in [2.45, 2.75) is 50.2 Å². The third-order valence-corrected chi connectivity index (χ3v) is 4.37. The van der Waals surface area contributed by atoms with Crippen LogP contribution in [0.3, 0.4) is 0 Å². The summed E-state index contributed by atoms with van der Waals surface area (Å²) >= 11 is 0. The molecule has 1 aromatic rings. The van der Waals surface area contributed by atoms with E-state index in [1.807, 2.05) is 0 Å². The van der Waals surface area contributed by atoms with Crippen LogP contribution >= 0.6 is 0 Å². The number of nitrogens with two attached hydrogens (primary N) is 3. The lowest BCUT2D eigenvalue weighted by Gasteiger charge is -2.21. The summed E-state index contributed by atoms with van der Waals surface area (Å²) in [6.45, 7) is -0.115. The molecule has 0 radical (unpaired) electrons. The van der Waals surface area contributed by atoms with Gasteiger partial charge in [-0.1, -0.05) is 0 Å². The number of carbonyl (C=O) groups is 5. The maximum Gasteiger partial charge on any atom is 0.326 e. The van der Waals surface area contributed by atoms with Crippen molar-refractivity contribution in [3.8, 4) is 0 Å². The Kier molecular flexibility index (Phi) is 11.4. The summed E-state index contributed by atoms with van der Waals surface area (Å²) < 4.78 is 0. The molecule has 1 heterocycles. The number of nitrogens with zero attached hydrogens (tertiary/aromatic N) is 1. The number of carboxylic acids is 1. The molecular formula is C18H30N8O6. The maximum absolute atomic E-state index is 12.7. The number of primary amides is 1. The van der Waals surface area contributed by atoms with Crippen LogP contribution in [0.15, 0.2) is 12.5 Å². The number of imidazole rings is 1. The summed E-state index contributed by atoms with van der Waals surface area (Å²) in [5.74, 6) is -4.17. The van der Waals surface area contributed by atoms with E-state index < -0.39 is 54.3 Å². The second kappa shape index (κ2) is 13.7. The number of aromatic nitrogens is 2. The SMILES string of the molecule is NCCCCC(NC(=O)CNC(=O)C(N)CC(N)=O)C(=O)NC(Cc1cnc[nH]1)C(=O)O. The number of H-pyrrole nitrogens is 1. The van der Waals surface area contributed by atoms with Crippen molar-refractivity contribution in [3.05, 3.63) is 18.2 Å². The highest BCUT2D eigenvalue weighted by Crippen LogP contribution is 2.04. The number of rotatable bonds is 15. The van der Waals surface area contributed by atoms with E-state index >= 15 is 0 Å². The molecule has 14 nitrogen and oxygen atoms in total. The van der Waals surface area contributed by atoms with Crippen molar-refractivity contribution >= 4 is 29.6 Å². The number of nitrogens with one attached hydrogen (secondary N) is 4. The van der Waals surface area contributed by atoms with Crippen LogP contribution in [0.2, 0.25) is 0 Å².